The fourth-order valence-corrected chi connectivity index (χ4v) is 3.64. The Labute approximate surface area is 143 Å². The number of rotatable bonds is 3. The van der Waals surface area contributed by atoms with Crippen LogP contribution in [0, 0.1) is 5.92 Å². The molecule has 0 saturated carbocycles. The molecule has 1 aliphatic heterocycles. The van der Waals surface area contributed by atoms with Gasteiger partial charge in [0.2, 0.25) is 0 Å². The third-order valence-electron chi connectivity index (χ3n) is 4.75. The van der Waals surface area contributed by atoms with Gasteiger partial charge < -0.3 is 9.32 Å². The smallest absolute Gasteiger partial charge is 0.141 e. The van der Waals surface area contributed by atoms with Gasteiger partial charge in [0.25, 0.3) is 0 Å². The largest absolute Gasteiger partial charge is 0.455 e. The van der Waals surface area contributed by atoms with Crippen molar-refractivity contribution in [2.24, 2.45) is 5.92 Å². The molecule has 0 fully saturated rings. The monoisotopic (exact) mass is 317 g/mol. The first kappa shape index (κ1) is 15.1. The van der Waals surface area contributed by atoms with Crippen LogP contribution in [0.25, 0.3) is 21.9 Å². The fraction of sp³-hybridized carbons (Fsp3) is 0.273. The molecule has 122 valence electrons. The molecule has 0 saturated heterocycles. The van der Waals surface area contributed by atoms with Gasteiger partial charge >= 0.3 is 0 Å². The quantitative estimate of drug-likeness (QED) is 0.603. The van der Waals surface area contributed by atoms with Crippen molar-refractivity contribution >= 4 is 21.9 Å². The molecule has 0 aliphatic carbocycles. The van der Waals surface area contributed by atoms with Crippen molar-refractivity contribution in [3.8, 4) is 0 Å². The molecule has 0 bridgehead atoms. The van der Waals surface area contributed by atoms with E-state index in [0.29, 0.717) is 5.92 Å². The van der Waals surface area contributed by atoms with E-state index < -0.39 is 0 Å². The van der Waals surface area contributed by atoms with E-state index in [2.05, 4.69) is 86.6 Å². The molecule has 3 aromatic rings. The number of para-hydroxylation sites is 2. The molecule has 0 spiro atoms. The van der Waals surface area contributed by atoms with Gasteiger partial charge in [0.05, 0.1) is 6.04 Å². The number of furan rings is 1. The number of benzene rings is 2. The van der Waals surface area contributed by atoms with Gasteiger partial charge in [-0.05, 0) is 30.2 Å². The predicted molar refractivity (Wildman–Crippen MR) is 101 cm³/mol. The first-order valence-electron chi connectivity index (χ1n) is 8.65. The maximum Gasteiger partial charge on any atom is 0.141 e. The van der Waals surface area contributed by atoms with E-state index >= 15 is 0 Å². The van der Waals surface area contributed by atoms with Gasteiger partial charge in [-0.25, -0.2) is 0 Å². The van der Waals surface area contributed by atoms with E-state index in [0.717, 1.165) is 17.6 Å². The maximum atomic E-state index is 6.43. The summed E-state index contributed by atoms with van der Waals surface area (Å²) in [7, 11) is 2.11. The van der Waals surface area contributed by atoms with Crippen LogP contribution in [0.3, 0.4) is 0 Å². The zero-order valence-corrected chi connectivity index (χ0v) is 14.5. The number of nitrogens with zero attached hydrogens (tertiary/aromatic N) is 1. The third kappa shape index (κ3) is 2.43. The van der Waals surface area contributed by atoms with Crippen LogP contribution in [0.2, 0.25) is 0 Å². The summed E-state index contributed by atoms with van der Waals surface area (Å²) in [6.07, 6.45) is 9.54. The highest BCUT2D eigenvalue weighted by atomic mass is 16.3. The lowest BCUT2D eigenvalue weighted by atomic mass is 9.98. The lowest BCUT2D eigenvalue weighted by molar-refractivity contribution is 0.389. The maximum absolute atomic E-state index is 6.43. The lowest BCUT2D eigenvalue weighted by Crippen LogP contribution is -2.18. The Morgan fingerprint density at radius 1 is 1.00 bits per heavy atom. The van der Waals surface area contributed by atoms with Crippen molar-refractivity contribution in [1.29, 1.82) is 0 Å². The molecule has 1 unspecified atom stereocenters. The summed E-state index contributed by atoms with van der Waals surface area (Å²) in [5.41, 5.74) is 4.59. The summed E-state index contributed by atoms with van der Waals surface area (Å²) in [4.78, 5) is 2.22. The summed E-state index contributed by atoms with van der Waals surface area (Å²) in [6.45, 7) is 4.50. The van der Waals surface area contributed by atoms with Crippen molar-refractivity contribution in [3.05, 3.63) is 72.0 Å². The number of allylic oxidation sites excluding steroid dienone is 2. The minimum Gasteiger partial charge on any atom is -0.455 e. The molecule has 0 amide bonds. The average Bonchev–Trinajstić information content (AvgIpc) is 2.95. The highest BCUT2D eigenvalue weighted by Crippen LogP contribution is 2.37. The molecule has 2 heterocycles. The van der Waals surface area contributed by atoms with Crippen molar-refractivity contribution in [2.75, 3.05) is 7.05 Å². The van der Waals surface area contributed by atoms with Gasteiger partial charge in [-0.2, -0.15) is 0 Å². The molecule has 4 rings (SSSR count). The van der Waals surface area contributed by atoms with Gasteiger partial charge in [0.1, 0.15) is 11.2 Å². The fourth-order valence-electron chi connectivity index (χ4n) is 3.64. The van der Waals surface area contributed by atoms with Crippen molar-refractivity contribution in [2.45, 2.75) is 26.3 Å². The van der Waals surface area contributed by atoms with Gasteiger partial charge in [-0.1, -0.05) is 62.4 Å². The molecule has 1 aliphatic rings. The second-order valence-corrected chi connectivity index (χ2v) is 7.05. The van der Waals surface area contributed by atoms with Gasteiger partial charge in [0, 0.05) is 23.4 Å². The second kappa shape index (κ2) is 5.86. The Balaban J connectivity index is 1.94. The van der Waals surface area contributed by atoms with Crippen molar-refractivity contribution < 1.29 is 4.42 Å². The number of likely N-dealkylation sites (N-methyl/N-ethyl adjacent to an activating group) is 1. The van der Waals surface area contributed by atoms with Crippen LogP contribution in [-0.2, 0) is 6.42 Å². The van der Waals surface area contributed by atoms with E-state index in [1.54, 1.807) is 0 Å². The minimum absolute atomic E-state index is 0.216. The minimum atomic E-state index is 0.216. The zero-order chi connectivity index (χ0) is 16.7. The van der Waals surface area contributed by atoms with E-state index in [4.69, 9.17) is 4.42 Å². The molecule has 1 aromatic heterocycles. The van der Waals surface area contributed by atoms with Gasteiger partial charge in [-0.15, -0.1) is 0 Å². The van der Waals surface area contributed by atoms with Crippen LogP contribution in [0.15, 0.2) is 65.2 Å². The number of hydrogen-bond donors (Lipinski definition) is 0. The molecular weight excluding hydrogens is 294 g/mol. The highest BCUT2D eigenvalue weighted by molar-refractivity contribution is 6.07. The van der Waals surface area contributed by atoms with E-state index in [1.165, 1.54) is 21.9 Å². The highest BCUT2D eigenvalue weighted by Gasteiger charge is 2.20. The molecule has 0 N–H and O–H groups in total. The van der Waals surface area contributed by atoms with Crippen LogP contribution < -0.4 is 0 Å². The van der Waals surface area contributed by atoms with Crippen LogP contribution in [-0.4, -0.2) is 11.9 Å². The molecule has 2 nitrogen and oxygen atoms in total. The Morgan fingerprint density at radius 3 is 2.50 bits per heavy atom. The SMILES string of the molecule is CC(C)Cc1cccc2c1oc1c(C3C=CC=CN3C)cccc12. The van der Waals surface area contributed by atoms with E-state index in [1.807, 2.05) is 0 Å². The Hall–Kier alpha value is -2.48. The summed E-state index contributed by atoms with van der Waals surface area (Å²) in [5, 5.41) is 2.44. The average molecular weight is 317 g/mol. The van der Waals surface area contributed by atoms with Gasteiger partial charge in [-0.3, -0.25) is 0 Å². The van der Waals surface area contributed by atoms with Crippen LogP contribution in [0.4, 0.5) is 0 Å². The summed E-state index contributed by atoms with van der Waals surface area (Å²) in [6, 6.07) is 13.2. The molecule has 0 radical (unpaired) electrons. The van der Waals surface area contributed by atoms with Gasteiger partial charge in [0.15, 0.2) is 0 Å². The molecule has 2 heteroatoms. The Kier molecular flexibility index (Phi) is 3.68. The van der Waals surface area contributed by atoms with E-state index in [9.17, 15) is 0 Å². The van der Waals surface area contributed by atoms with Crippen LogP contribution in [0.1, 0.15) is 31.0 Å². The first-order valence-corrected chi connectivity index (χ1v) is 8.65. The third-order valence-corrected chi connectivity index (χ3v) is 4.75. The molecule has 24 heavy (non-hydrogen) atoms. The molecule has 2 aromatic carbocycles. The second-order valence-electron chi connectivity index (χ2n) is 7.05. The topological polar surface area (TPSA) is 16.4 Å². The van der Waals surface area contributed by atoms with Crippen molar-refractivity contribution in [3.63, 3.8) is 0 Å². The zero-order valence-electron chi connectivity index (χ0n) is 14.5. The van der Waals surface area contributed by atoms with Crippen LogP contribution in [0.5, 0.6) is 0 Å². The standard InChI is InChI=1S/C22H23NO/c1-15(2)14-16-8-6-9-17-18-10-7-11-19(22(18)24-21(16)17)20-12-4-5-13-23(20)3/h4-13,15,20H,14H2,1-3H3. The number of hydrogen-bond acceptors (Lipinski definition) is 2. The summed E-state index contributed by atoms with van der Waals surface area (Å²) >= 11 is 0. The molecular formula is C22H23NO. The Bertz CT molecular complexity index is 945. The summed E-state index contributed by atoms with van der Waals surface area (Å²) < 4.78 is 6.43. The summed E-state index contributed by atoms with van der Waals surface area (Å²) in [5.74, 6) is 0.612. The molecule has 1 atom stereocenters. The Morgan fingerprint density at radius 2 is 1.75 bits per heavy atom. The van der Waals surface area contributed by atoms with E-state index in [-0.39, 0.29) is 6.04 Å². The number of fused-ring (bicyclic) bond motifs is 3. The van der Waals surface area contributed by atoms with Crippen molar-refractivity contribution in [1.82, 2.24) is 4.90 Å². The predicted octanol–water partition coefficient (Wildman–Crippen LogP) is 5.84. The lowest BCUT2D eigenvalue weighted by Gasteiger charge is -2.26. The first-order chi connectivity index (χ1) is 11.6. The normalized spacial score (nSPS) is 17.5. The van der Waals surface area contributed by atoms with Crippen LogP contribution >= 0.6 is 0 Å².